The molecule has 2 fully saturated rings. The van der Waals surface area contributed by atoms with Crippen molar-refractivity contribution in [2.75, 3.05) is 11.9 Å². The van der Waals surface area contributed by atoms with Crippen molar-refractivity contribution in [1.29, 1.82) is 0 Å². The second kappa shape index (κ2) is 8.74. The highest BCUT2D eigenvalue weighted by Crippen LogP contribution is 2.62. The summed E-state index contributed by atoms with van der Waals surface area (Å²) in [5, 5.41) is 13.8. The number of carbonyl (C=O) groups is 2. The highest BCUT2D eigenvalue weighted by atomic mass is 19.4. The molecule has 0 bridgehead atoms. The number of hydrogen-bond donors (Lipinski definition) is 1. The third-order valence-corrected chi connectivity index (χ3v) is 8.45. The van der Waals surface area contributed by atoms with E-state index >= 15 is 0 Å². The third kappa shape index (κ3) is 3.61. The minimum atomic E-state index is -4.71. The number of amides is 1. The normalized spacial score (nSPS) is 25.9. The summed E-state index contributed by atoms with van der Waals surface area (Å²) in [6.45, 7) is 2.30. The van der Waals surface area contributed by atoms with Gasteiger partial charge in [0.25, 0.3) is 5.69 Å². The molecule has 1 spiro atoms. The highest BCUT2D eigenvalue weighted by molar-refractivity contribution is 6.13. The number of carbonyl (C=O) groups excluding carboxylic acids is 2. The molecule has 0 saturated carbocycles. The van der Waals surface area contributed by atoms with Crippen molar-refractivity contribution in [3.8, 4) is 0 Å². The topological polar surface area (TPSA) is 92.5 Å². The van der Waals surface area contributed by atoms with E-state index in [1.165, 1.54) is 24.3 Å². The highest BCUT2D eigenvalue weighted by Gasteiger charge is 2.69. The number of nitrogens with zero attached hydrogens (tertiary/aromatic N) is 2. The van der Waals surface area contributed by atoms with E-state index in [9.17, 15) is 32.9 Å². The zero-order chi connectivity index (χ0) is 27.7. The Labute approximate surface area is 221 Å². The zero-order valence-electron chi connectivity index (χ0n) is 20.9. The molecular formula is C29H24F3N3O4. The average molecular weight is 536 g/mol. The first-order valence-electron chi connectivity index (χ1n) is 12.7. The van der Waals surface area contributed by atoms with E-state index < -0.39 is 39.9 Å². The van der Waals surface area contributed by atoms with Crippen LogP contribution in [0.15, 0.2) is 66.7 Å². The van der Waals surface area contributed by atoms with Crippen LogP contribution in [0.2, 0.25) is 0 Å². The maximum absolute atomic E-state index is 14.4. The molecule has 0 aliphatic carbocycles. The third-order valence-electron chi connectivity index (χ3n) is 8.45. The van der Waals surface area contributed by atoms with E-state index in [4.69, 9.17) is 0 Å². The molecule has 3 heterocycles. The van der Waals surface area contributed by atoms with Gasteiger partial charge in [0, 0.05) is 35.2 Å². The number of rotatable bonds is 4. The van der Waals surface area contributed by atoms with E-state index in [0.29, 0.717) is 30.5 Å². The number of para-hydroxylation sites is 1. The molecule has 39 heavy (non-hydrogen) atoms. The second-order valence-electron chi connectivity index (χ2n) is 10.4. The number of aryl methyl sites for hydroxylation is 1. The number of alkyl halides is 3. The van der Waals surface area contributed by atoms with Crippen LogP contribution < -0.4 is 5.32 Å². The molecule has 10 heteroatoms. The molecule has 3 aliphatic rings. The number of hydrogen-bond acceptors (Lipinski definition) is 5. The first-order valence-corrected chi connectivity index (χ1v) is 12.7. The van der Waals surface area contributed by atoms with Crippen LogP contribution in [0.5, 0.6) is 0 Å². The first-order chi connectivity index (χ1) is 18.5. The summed E-state index contributed by atoms with van der Waals surface area (Å²) in [6.07, 6.45) is -3.38. The van der Waals surface area contributed by atoms with Crippen molar-refractivity contribution < 1.29 is 27.7 Å². The first kappa shape index (κ1) is 25.2. The molecule has 0 aromatic heterocycles. The summed E-state index contributed by atoms with van der Waals surface area (Å²) in [5.74, 6) is -2.64. The van der Waals surface area contributed by atoms with Crippen LogP contribution >= 0.6 is 0 Å². The van der Waals surface area contributed by atoms with Gasteiger partial charge >= 0.3 is 6.18 Å². The number of anilines is 1. The van der Waals surface area contributed by atoms with Gasteiger partial charge < -0.3 is 5.32 Å². The van der Waals surface area contributed by atoms with Crippen LogP contribution in [0.4, 0.5) is 24.5 Å². The van der Waals surface area contributed by atoms with E-state index in [-0.39, 0.29) is 28.8 Å². The fraction of sp³-hybridized carbons (Fsp3) is 0.310. The quantitative estimate of drug-likeness (QED) is 0.258. The largest absolute Gasteiger partial charge is 0.418 e. The Hall–Kier alpha value is -4.05. The minimum absolute atomic E-state index is 0.116. The average Bonchev–Trinajstić information content (AvgIpc) is 3.56. The monoisotopic (exact) mass is 535 g/mol. The standard InChI is InChI=1S/C29H24F3N3O4/c1-16-7-9-18(10-8-16)26(36)24-23(17-11-13-19(14-12-17)35(38)39)22-6-3-15-34(22)28(24)20-4-2-5-21(29(30,31)32)25(20)33-27(28)37/h2,4-5,7-14,22-24H,3,6,15H2,1H3,(H,33,37)/t22?,23?,24?,28-/m1/s1. The molecule has 6 rings (SSSR count). The summed E-state index contributed by atoms with van der Waals surface area (Å²) in [7, 11) is 0. The smallest absolute Gasteiger partial charge is 0.323 e. The van der Waals surface area contributed by atoms with Crippen LogP contribution in [0.3, 0.4) is 0 Å². The van der Waals surface area contributed by atoms with Gasteiger partial charge in [-0.25, -0.2) is 0 Å². The second-order valence-corrected chi connectivity index (χ2v) is 10.4. The van der Waals surface area contributed by atoms with Gasteiger partial charge in [0.15, 0.2) is 5.78 Å². The van der Waals surface area contributed by atoms with Gasteiger partial charge in [-0.3, -0.25) is 24.6 Å². The van der Waals surface area contributed by atoms with Gasteiger partial charge in [-0.2, -0.15) is 13.2 Å². The number of nitro benzene ring substituents is 1. The lowest BCUT2D eigenvalue weighted by Crippen LogP contribution is -2.52. The van der Waals surface area contributed by atoms with Gasteiger partial charge in [0.05, 0.1) is 22.1 Å². The van der Waals surface area contributed by atoms with Crippen molar-refractivity contribution in [2.24, 2.45) is 5.92 Å². The molecule has 0 radical (unpaired) electrons. The van der Waals surface area contributed by atoms with Crippen LogP contribution in [0, 0.1) is 23.0 Å². The summed E-state index contributed by atoms with van der Waals surface area (Å²) < 4.78 is 42.1. The number of non-ortho nitro benzene ring substituents is 1. The predicted molar refractivity (Wildman–Crippen MR) is 136 cm³/mol. The number of halogens is 3. The van der Waals surface area contributed by atoms with E-state index in [0.717, 1.165) is 11.6 Å². The Bertz CT molecular complexity index is 1500. The number of Topliss-reactive ketones (excluding diaryl/α,β-unsaturated/α-hetero) is 1. The fourth-order valence-electron chi connectivity index (χ4n) is 6.91. The van der Waals surface area contributed by atoms with E-state index in [1.54, 1.807) is 36.4 Å². The van der Waals surface area contributed by atoms with Crippen molar-refractivity contribution in [3.05, 3.63) is 105 Å². The molecular weight excluding hydrogens is 511 g/mol. The molecule has 2 saturated heterocycles. The van der Waals surface area contributed by atoms with Crippen LogP contribution in [0.1, 0.15) is 51.4 Å². The number of nitrogens with one attached hydrogen (secondary N) is 1. The van der Waals surface area contributed by atoms with Gasteiger partial charge in [-0.15, -0.1) is 0 Å². The van der Waals surface area contributed by atoms with E-state index in [2.05, 4.69) is 5.32 Å². The summed E-state index contributed by atoms with van der Waals surface area (Å²) in [4.78, 5) is 41.1. The number of fused-ring (bicyclic) bond motifs is 4. The van der Waals surface area contributed by atoms with Gasteiger partial charge in [-0.1, -0.05) is 54.1 Å². The molecule has 3 aromatic rings. The van der Waals surface area contributed by atoms with Crippen LogP contribution in [0.25, 0.3) is 0 Å². The minimum Gasteiger partial charge on any atom is -0.323 e. The van der Waals surface area contributed by atoms with Crippen molar-refractivity contribution in [1.82, 2.24) is 4.90 Å². The van der Waals surface area contributed by atoms with Crippen LogP contribution in [-0.4, -0.2) is 34.1 Å². The molecule has 3 aliphatic heterocycles. The lowest BCUT2D eigenvalue weighted by molar-refractivity contribution is -0.384. The van der Waals surface area contributed by atoms with Crippen molar-refractivity contribution >= 4 is 23.1 Å². The summed E-state index contributed by atoms with van der Waals surface area (Å²) >= 11 is 0. The Morgan fingerprint density at radius 3 is 2.41 bits per heavy atom. The fourth-order valence-corrected chi connectivity index (χ4v) is 6.91. The van der Waals surface area contributed by atoms with Crippen molar-refractivity contribution in [3.63, 3.8) is 0 Å². The Balaban J connectivity index is 1.61. The van der Waals surface area contributed by atoms with Crippen molar-refractivity contribution in [2.45, 2.75) is 43.4 Å². The maximum atomic E-state index is 14.4. The maximum Gasteiger partial charge on any atom is 0.418 e. The zero-order valence-corrected chi connectivity index (χ0v) is 20.9. The summed E-state index contributed by atoms with van der Waals surface area (Å²) in [6, 6.07) is 16.2. The molecule has 1 N–H and O–H groups in total. The molecule has 7 nitrogen and oxygen atoms in total. The lowest BCUT2D eigenvalue weighted by atomic mass is 9.68. The van der Waals surface area contributed by atoms with E-state index in [1.807, 2.05) is 11.8 Å². The SMILES string of the molecule is Cc1ccc(C(=O)C2C(c3ccc([N+](=O)[O-])cc3)C3CCCN3[C@@]23C(=O)Nc2c(C(F)(F)F)cccc23)cc1. The predicted octanol–water partition coefficient (Wildman–Crippen LogP) is 5.83. The Morgan fingerprint density at radius 2 is 1.77 bits per heavy atom. The number of benzene rings is 3. The van der Waals surface area contributed by atoms with Gasteiger partial charge in [-0.05, 0) is 37.9 Å². The molecule has 3 unspecified atom stereocenters. The van der Waals surface area contributed by atoms with Crippen LogP contribution in [-0.2, 0) is 16.5 Å². The lowest BCUT2D eigenvalue weighted by Gasteiger charge is -2.37. The molecule has 3 aromatic carbocycles. The number of nitro groups is 1. The summed E-state index contributed by atoms with van der Waals surface area (Å²) in [5.41, 5.74) is -0.989. The Morgan fingerprint density at radius 1 is 1.08 bits per heavy atom. The molecule has 1 amide bonds. The number of ketones is 1. The molecule has 200 valence electrons. The van der Waals surface area contributed by atoms with Gasteiger partial charge in [0.2, 0.25) is 5.91 Å². The Kier molecular flexibility index (Phi) is 5.65. The molecule has 4 atom stereocenters. The van der Waals surface area contributed by atoms with Gasteiger partial charge in [0.1, 0.15) is 5.54 Å².